The second kappa shape index (κ2) is 9.22. The molecular formula is C28H31ClN2O3. The van der Waals surface area contributed by atoms with Crippen LogP contribution in [0.4, 0.5) is 11.4 Å². The maximum atomic E-state index is 13.0. The molecule has 6 heteroatoms. The molecule has 2 aliphatic heterocycles. The number of carbonyl (C=O) groups excluding carboxylic acids is 1. The number of hydrogen-bond acceptors (Lipinski definition) is 5. The van der Waals surface area contributed by atoms with E-state index in [1.54, 1.807) is 0 Å². The normalized spacial score (nSPS) is 14.3. The molecule has 5 nitrogen and oxygen atoms in total. The van der Waals surface area contributed by atoms with Crippen LogP contribution in [0.1, 0.15) is 54.7 Å². The summed E-state index contributed by atoms with van der Waals surface area (Å²) in [5.74, 6) is 1.16. The van der Waals surface area contributed by atoms with Gasteiger partial charge in [0.25, 0.3) is 0 Å². The first kappa shape index (κ1) is 24.0. The zero-order valence-corrected chi connectivity index (χ0v) is 20.9. The van der Waals surface area contributed by atoms with E-state index in [9.17, 15) is 4.79 Å². The number of halogens is 1. The highest BCUT2D eigenvalue weighted by molar-refractivity contribution is 5.97. The van der Waals surface area contributed by atoms with Crippen molar-refractivity contribution in [2.75, 3.05) is 36.0 Å². The van der Waals surface area contributed by atoms with Crippen molar-refractivity contribution in [1.29, 1.82) is 0 Å². The Kier molecular flexibility index (Phi) is 6.50. The predicted molar refractivity (Wildman–Crippen MR) is 139 cm³/mol. The molecule has 34 heavy (non-hydrogen) atoms. The van der Waals surface area contributed by atoms with Crippen LogP contribution in [-0.4, -0.2) is 32.1 Å². The molecule has 0 bridgehead atoms. The van der Waals surface area contributed by atoms with Gasteiger partial charge >= 0.3 is 5.97 Å². The van der Waals surface area contributed by atoms with Gasteiger partial charge in [0.2, 0.25) is 0 Å². The first-order valence-electron chi connectivity index (χ1n) is 11.9. The highest BCUT2D eigenvalue weighted by Gasteiger charge is 2.53. The summed E-state index contributed by atoms with van der Waals surface area (Å²) in [7, 11) is 0. The minimum absolute atomic E-state index is 0. The molecule has 2 aliphatic rings. The third kappa shape index (κ3) is 3.41. The van der Waals surface area contributed by atoms with Gasteiger partial charge in [-0.3, -0.25) is 0 Å². The lowest BCUT2D eigenvalue weighted by atomic mass is 9.77. The lowest BCUT2D eigenvalue weighted by molar-refractivity contribution is 0.0224. The van der Waals surface area contributed by atoms with Gasteiger partial charge in [-0.15, -0.1) is 12.4 Å². The van der Waals surface area contributed by atoms with E-state index in [4.69, 9.17) is 9.47 Å². The Bertz CT molecular complexity index is 1160. The number of ether oxygens (including phenoxy) is 2. The number of hydrogen-bond donors (Lipinski definition) is 0. The van der Waals surface area contributed by atoms with Crippen molar-refractivity contribution >= 4 is 29.8 Å². The van der Waals surface area contributed by atoms with Crippen LogP contribution in [0.2, 0.25) is 0 Å². The summed E-state index contributed by atoms with van der Waals surface area (Å²) in [4.78, 5) is 17.6. The monoisotopic (exact) mass is 478 g/mol. The van der Waals surface area contributed by atoms with Gasteiger partial charge in [-0.2, -0.15) is 0 Å². The van der Waals surface area contributed by atoms with Crippen molar-refractivity contribution < 1.29 is 14.3 Å². The van der Waals surface area contributed by atoms with Crippen LogP contribution in [0.3, 0.4) is 0 Å². The molecule has 0 saturated carbocycles. The van der Waals surface area contributed by atoms with Crippen LogP contribution in [0.5, 0.6) is 11.5 Å². The highest BCUT2D eigenvalue weighted by Crippen LogP contribution is 2.57. The van der Waals surface area contributed by atoms with Crippen LogP contribution in [0.25, 0.3) is 0 Å². The quantitative estimate of drug-likeness (QED) is 0.385. The molecule has 0 atom stereocenters. The molecule has 178 valence electrons. The maximum Gasteiger partial charge on any atom is 0.340 e. The van der Waals surface area contributed by atoms with Crippen LogP contribution < -0.4 is 14.5 Å². The van der Waals surface area contributed by atoms with E-state index in [1.165, 1.54) is 0 Å². The lowest BCUT2D eigenvalue weighted by Crippen LogP contribution is -2.33. The number of rotatable bonds is 6. The fourth-order valence-corrected chi connectivity index (χ4v) is 5.22. The molecule has 0 radical (unpaired) electrons. The Labute approximate surface area is 207 Å². The Hall–Kier alpha value is -3.18. The highest BCUT2D eigenvalue weighted by atomic mass is 35.5. The summed E-state index contributed by atoms with van der Waals surface area (Å²) in [5.41, 5.74) is 4.37. The second-order valence-corrected chi connectivity index (χ2v) is 8.42. The van der Waals surface area contributed by atoms with Crippen LogP contribution in [0.15, 0.2) is 60.7 Å². The molecule has 2 heterocycles. The smallest absolute Gasteiger partial charge is 0.340 e. The van der Waals surface area contributed by atoms with Gasteiger partial charge in [-0.1, -0.05) is 18.2 Å². The molecule has 0 saturated heterocycles. The molecule has 3 aromatic carbocycles. The number of fused-ring (bicyclic) bond motifs is 6. The number of nitrogens with zero attached hydrogens (tertiary/aromatic N) is 2. The van der Waals surface area contributed by atoms with Crippen molar-refractivity contribution in [2.45, 2.75) is 33.3 Å². The van der Waals surface area contributed by atoms with Crippen LogP contribution >= 0.6 is 12.4 Å². The Morgan fingerprint density at radius 3 is 1.71 bits per heavy atom. The van der Waals surface area contributed by atoms with Gasteiger partial charge in [0, 0.05) is 66.4 Å². The maximum absolute atomic E-state index is 13.0. The van der Waals surface area contributed by atoms with E-state index >= 15 is 0 Å². The number of benzene rings is 3. The lowest BCUT2D eigenvalue weighted by Gasteiger charge is -2.37. The molecule has 0 N–H and O–H groups in total. The summed E-state index contributed by atoms with van der Waals surface area (Å²) in [6.07, 6.45) is 0. The molecular weight excluding hydrogens is 448 g/mol. The first-order valence-corrected chi connectivity index (χ1v) is 11.9. The molecule has 0 fully saturated rings. The fraction of sp³-hybridized carbons (Fsp3) is 0.321. The van der Waals surface area contributed by atoms with Gasteiger partial charge in [-0.25, -0.2) is 4.79 Å². The molecule has 5 rings (SSSR count). The van der Waals surface area contributed by atoms with Gasteiger partial charge in [0.1, 0.15) is 11.5 Å². The zero-order valence-electron chi connectivity index (χ0n) is 20.1. The van der Waals surface area contributed by atoms with E-state index in [0.717, 1.165) is 65.7 Å². The van der Waals surface area contributed by atoms with E-state index < -0.39 is 5.60 Å². The summed E-state index contributed by atoms with van der Waals surface area (Å²) in [6, 6.07) is 20.1. The van der Waals surface area contributed by atoms with Crippen molar-refractivity contribution in [3.05, 3.63) is 82.9 Å². The predicted octanol–water partition coefficient (Wildman–Crippen LogP) is 6.37. The van der Waals surface area contributed by atoms with Crippen molar-refractivity contribution in [2.24, 2.45) is 0 Å². The number of esters is 1. The van der Waals surface area contributed by atoms with Crippen molar-refractivity contribution in [3.63, 3.8) is 0 Å². The topological polar surface area (TPSA) is 42.0 Å². The van der Waals surface area contributed by atoms with E-state index in [1.807, 2.05) is 24.3 Å². The molecule has 1 spiro atoms. The van der Waals surface area contributed by atoms with Crippen molar-refractivity contribution in [3.8, 4) is 11.5 Å². The Morgan fingerprint density at radius 1 is 0.706 bits per heavy atom. The Morgan fingerprint density at radius 2 is 1.21 bits per heavy atom. The minimum Gasteiger partial charge on any atom is -0.456 e. The second-order valence-electron chi connectivity index (χ2n) is 8.42. The summed E-state index contributed by atoms with van der Waals surface area (Å²) < 4.78 is 12.8. The number of anilines is 2. The SMILES string of the molecule is CCN(CC)c1ccc2c(c1)Oc1cc(N(CC)CC)ccc1C21OC(=O)c2ccccc21.Cl. The fourth-order valence-electron chi connectivity index (χ4n) is 5.22. The molecule has 0 aromatic heterocycles. The standard InChI is InChI=1S/C28H30N2O3.ClH/c1-5-29(6-2)19-13-15-23-25(17-19)32-26-18-20(30(7-3)8-4)14-16-24(26)28(23)22-12-10-9-11-21(22)27(31)33-28;/h9-18H,5-8H2,1-4H3;1H. The number of carbonyl (C=O) groups is 1. The van der Waals surface area contributed by atoms with E-state index in [0.29, 0.717) is 5.56 Å². The average molecular weight is 479 g/mol. The third-order valence-corrected chi connectivity index (χ3v) is 6.94. The van der Waals surface area contributed by atoms with Crippen molar-refractivity contribution in [1.82, 2.24) is 0 Å². The third-order valence-electron chi connectivity index (χ3n) is 6.94. The van der Waals surface area contributed by atoms with Crippen LogP contribution in [-0.2, 0) is 10.3 Å². The van der Waals surface area contributed by atoms with E-state index in [-0.39, 0.29) is 18.4 Å². The first-order chi connectivity index (χ1) is 16.1. The van der Waals surface area contributed by atoms with Gasteiger partial charge < -0.3 is 19.3 Å². The van der Waals surface area contributed by atoms with Gasteiger partial charge in [0.15, 0.2) is 5.60 Å². The summed E-state index contributed by atoms with van der Waals surface area (Å²) in [5, 5.41) is 0. The van der Waals surface area contributed by atoms with E-state index in [2.05, 4.69) is 73.9 Å². The minimum atomic E-state index is -1.01. The summed E-state index contributed by atoms with van der Waals surface area (Å²) in [6.45, 7) is 12.2. The zero-order chi connectivity index (χ0) is 23.2. The molecule has 0 unspecified atom stereocenters. The molecule has 3 aromatic rings. The largest absolute Gasteiger partial charge is 0.456 e. The van der Waals surface area contributed by atoms with Gasteiger partial charge in [0.05, 0.1) is 5.56 Å². The Balaban J connectivity index is 0.00000274. The summed E-state index contributed by atoms with van der Waals surface area (Å²) >= 11 is 0. The average Bonchev–Trinajstić information content (AvgIpc) is 3.13. The molecule has 0 aliphatic carbocycles. The van der Waals surface area contributed by atoms with Crippen LogP contribution in [0, 0.1) is 0 Å². The van der Waals surface area contributed by atoms with Gasteiger partial charge in [-0.05, 0) is 58.0 Å². The molecule has 0 amide bonds.